The predicted octanol–water partition coefficient (Wildman–Crippen LogP) is 3.32. The van der Waals surface area contributed by atoms with Crippen molar-refractivity contribution in [1.82, 2.24) is 4.31 Å². The van der Waals surface area contributed by atoms with Gasteiger partial charge in [-0.2, -0.15) is 0 Å². The molecule has 1 N–H and O–H groups in total. The van der Waals surface area contributed by atoms with Gasteiger partial charge in [0.1, 0.15) is 17.8 Å². The van der Waals surface area contributed by atoms with E-state index in [2.05, 4.69) is 20.8 Å². The molecule has 0 aliphatic carbocycles. The molecule has 190 valence electrons. The highest BCUT2D eigenvalue weighted by Gasteiger charge is 2.43. The zero-order valence-corrected chi connectivity index (χ0v) is 22.1. The number of ether oxygens (including phenoxy) is 4. The highest BCUT2D eigenvalue weighted by molar-refractivity contribution is 7.90. The fraction of sp³-hybridized carbons (Fsp3) is 0.750. The van der Waals surface area contributed by atoms with E-state index in [-0.39, 0.29) is 19.0 Å². The third kappa shape index (κ3) is 6.26. The molecule has 1 aromatic rings. The number of methoxy groups -OCH3 is 2. The number of rotatable bonds is 11. The monoisotopic (exact) mass is 487 g/mol. The number of sulfonamides is 1. The van der Waals surface area contributed by atoms with Gasteiger partial charge in [0.15, 0.2) is 6.79 Å². The predicted molar refractivity (Wildman–Crippen MR) is 128 cm³/mol. The topological polar surface area (TPSA) is 94.5 Å². The van der Waals surface area contributed by atoms with Gasteiger partial charge in [0.05, 0.1) is 12.7 Å². The SMILES string of the molecule is CCN1CCC(C(O)c2cc(C(C)(C)C)c(OCOC)c(C(C)(C)COCOC)c2)S1(=O)=O. The van der Waals surface area contributed by atoms with Gasteiger partial charge in [-0.1, -0.05) is 41.5 Å². The number of aliphatic hydroxyl groups excluding tert-OH is 1. The van der Waals surface area contributed by atoms with Gasteiger partial charge in [-0.25, -0.2) is 12.7 Å². The van der Waals surface area contributed by atoms with Gasteiger partial charge in [-0.15, -0.1) is 0 Å². The van der Waals surface area contributed by atoms with E-state index in [1.165, 1.54) is 4.31 Å². The van der Waals surface area contributed by atoms with Gasteiger partial charge in [-0.05, 0) is 29.5 Å². The van der Waals surface area contributed by atoms with E-state index in [1.807, 2.05) is 32.9 Å². The number of aliphatic hydroxyl groups is 1. The average Bonchev–Trinajstić information content (AvgIpc) is 3.04. The van der Waals surface area contributed by atoms with Crippen LogP contribution in [0.3, 0.4) is 0 Å². The Morgan fingerprint density at radius 1 is 1.09 bits per heavy atom. The molecule has 0 bridgehead atoms. The molecule has 0 spiro atoms. The summed E-state index contributed by atoms with van der Waals surface area (Å²) in [5.41, 5.74) is 1.40. The van der Waals surface area contributed by atoms with Crippen LogP contribution >= 0.6 is 0 Å². The summed E-state index contributed by atoms with van der Waals surface area (Å²) in [6.45, 7) is 13.4. The first kappa shape index (κ1) is 28.0. The van der Waals surface area contributed by atoms with Gasteiger partial charge in [-0.3, -0.25) is 0 Å². The van der Waals surface area contributed by atoms with E-state index in [0.29, 0.717) is 37.4 Å². The molecule has 1 aliphatic rings. The normalized spacial score (nSPS) is 20.2. The van der Waals surface area contributed by atoms with Crippen LogP contribution in [0.2, 0.25) is 0 Å². The molecule has 1 saturated heterocycles. The van der Waals surface area contributed by atoms with Gasteiger partial charge < -0.3 is 24.1 Å². The molecule has 8 nitrogen and oxygen atoms in total. The molecule has 9 heteroatoms. The second-order valence-corrected chi connectivity index (χ2v) is 12.3. The second-order valence-electron chi connectivity index (χ2n) is 10.2. The van der Waals surface area contributed by atoms with E-state index in [0.717, 1.165) is 11.1 Å². The van der Waals surface area contributed by atoms with Gasteiger partial charge in [0.25, 0.3) is 0 Å². The Kier molecular flexibility index (Phi) is 9.34. The first-order valence-electron chi connectivity index (χ1n) is 11.4. The van der Waals surface area contributed by atoms with Gasteiger partial charge in [0.2, 0.25) is 10.0 Å². The molecule has 2 atom stereocenters. The Labute approximate surface area is 199 Å². The maximum Gasteiger partial charge on any atom is 0.219 e. The van der Waals surface area contributed by atoms with Gasteiger partial charge >= 0.3 is 0 Å². The van der Waals surface area contributed by atoms with Crippen LogP contribution < -0.4 is 4.74 Å². The van der Waals surface area contributed by atoms with Crippen molar-refractivity contribution in [1.29, 1.82) is 0 Å². The van der Waals surface area contributed by atoms with E-state index in [1.54, 1.807) is 14.2 Å². The van der Waals surface area contributed by atoms with Crippen molar-refractivity contribution in [3.05, 3.63) is 28.8 Å². The summed E-state index contributed by atoms with van der Waals surface area (Å²) in [4.78, 5) is 0. The highest BCUT2D eigenvalue weighted by Crippen LogP contribution is 2.43. The molecule has 1 fully saturated rings. The van der Waals surface area contributed by atoms with Crippen LogP contribution in [-0.4, -0.2) is 70.6 Å². The minimum Gasteiger partial charge on any atom is -0.467 e. The molecule has 33 heavy (non-hydrogen) atoms. The summed E-state index contributed by atoms with van der Waals surface area (Å²) in [5.74, 6) is 0.663. The van der Waals surface area contributed by atoms with Crippen molar-refractivity contribution in [2.75, 3.05) is 47.5 Å². The fourth-order valence-electron chi connectivity index (χ4n) is 4.23. The molecule has 2 unspecified atom stereocenters. The van der Waals surface area contributed by atoms with Crippen molar-refractivity contribution >= 4 is 10.0 Å². The molecule has 2 rings (SSSR count). The summed E-state index contributed by atoms with van der Waals surface area (Å²) < 4.78 is 49.3. The summed E-state index contributed by atoms with van der Waals surface area (Å²) >= 11 is 0. The minimum absolute atomic E-state index is 0.0649. The van der Waals surface area contributed by atoms with E-state index in [4.69, 9.17) is 18.9 Å². The fourth-order valence-corrected chi connectivity index (χ4v) is 6.21. The van der Waals surface area contributed by atoms with Crippen molar-refractivity contribution in [3.63, 3.8) is 0 Å². The van der Waals surface area contributed by atoms with Crippen molar-refractivity contribution < 1.29 is 32.5 Å². The molecule has 1 aromatic carbocycles. The lowest BCUT2D eigenvalue weighted by atomic mass is 9.77. The molecule has 0 amide bonds. The number of hydrogen-bond acceptors (Lipinski definition) is 7. The number of benzene rings is 1. The Morgan fingerprint density at radius 3 is 2.21 bits per heavy atom. The lowest BCUT2D eigenvalue weighted by Crippen LogP contribution is -2.33. The Morgan fingerprint density at radius 2 is 1.70 bits per heavy atom. The van der Waals surface area contributed by atoms with Crippen molar-refractivity contribution in [2.24, 2.45) is 0 Å². The first-order valence-corrected chi connectivity index (χ1v) is 12.9. The molecule has 1 heterocycles. The zero-order valence-electron chi connectivity index (χ0n) is 21.3. The average molecular weight is 488 g/mol. The Bertz CT molecular complexity index is 893. The third-order valence-electron chi connectivity index (χ3n) is 6.09. The molecule has 1 aliphatic heterocycles. The van der Waals surface area contributed by atoms with E-state index >= 15 is 0 Å². The quantitative estimate of drug-likeness (QED) is 0.378. The van der Waals surface area contributed by atoms with Crippen LogP contribution in [0.5, 0.6) is 5.75 Å². The molecular formula is C24H41NO7S. The minimum atomic E-state index is -3.57. The summed E-state index contributed by atoms with van der Waals surface area (Å²) in [6, 6.07) is 3.72. The van der Waals surface area contributed by atoms with E-state index < -0.39 is 26.8 Å². The highest BCUT2D eigenvalue weighted by atomic mass is 32.2. The standard InChI is InChI=1S/C24H41NO7S/c1-9-25-11-10-20(33(25,27)28)21(26)17-12-18(23(2,3)4)22(32-16-30-8)19(13-17)24(5,6)14-31-15-29-7/h12-13,20-21,26H,9-11,14-16H2,1-8H3. The van der Waals surface area contributed by atoms with Crippen LogP contribution in [0.1, 0.15) is 70.8 Å². The Balaban J connectivity index is 2.65. The lowest BCUT2D eigenvalue weighted by molar-refractivity contribution is -0.0458. The van der Waals surface area contributed by atoms with Crippen LogP contribution in [0.4, 0.5) is 0 Å². The smallest absolute Gasteiger partial charge is 0.219 e. The third-order valence-corrected chi connectivity index (χ3v) is 8.50. The molecule has 0 saturated carbocycles. The second kappa shape index (κ2) is 11.0. The van der Waals surface area contributed by atoms with Crippen LogP contribution in [0.15, 0.2) is 12.1 Å². The van der Waals surface area contributed by atoms with Crippen LogP contribution in [0.25, 0.3) is 0 Å². The van der Waals surface area contributed by atoms with Crippen LogP contribution in [-0.2, 0) is 35.1 Å². The van der Waals surface area contributed by atoms with Gasteiger partial charge in [0, 0.05) is 43.9 Å². The maximum atomic E-state index is 13.0. The summed E-state index contributed by atoms with van der Waals surface area (Å²) in [5, 5.41) is 10.4. The number of hydrogen-bond donors (Lipinski definition) is 1. The number of nitrogens with zero attached hydrogens (tertiary/aromatic N) is 1. The first-order chi connectivity index (χ1) is 15.3. The van der Waals surface area contributed by atoms with Crippen molar-refractivity contribution in [3.8, 4) is 5.75 Å². The van der Waals surface area contributed by atoms with Crippen LogP contribution in [0, 0.1) is 0 Å². The lowest BCUT2D eigenvalue weighted by Gasteiger charge is -2.33. The largest absolute Gasteiger partial charge is 0.467 e. The summed E-state index contributed by atoms with van der Waals surface area (Å²) in [6.07, 6.45) is -0.765. The summed E-state index contributed by atoms with van der Waals surface area (Å²) in [7, 11) is -0.446. The zero-order chi connectivity index (χ0) is 25.0. The molecule has 0 aromatic heterocycles. The maximum absolute atomic E-state index is 13.0. The van der Waals surface area contributed by atoms with E-state index in [9.17, 15) is 13.5 Å². The van der Waals surface area contributed by atoms with Crippen molar-refractivity contribution in [2.45, 2.75) is 70.1 Å². The Hall–Kier alpha value is -1.23. The molecular weight excluding hydrogens is 446 g/mol. The molecule has 0 radical (unpaired) electrons.